The number of methoxy groups -OCH3 is 1. The van der Waals surface area contributed by atoms with E-state index < -0.39 is 18.7 Å². The Bertz CT molecular complexity index is 623. The first-order chi connectivity index (χ1) is 12.7. The lowest BCUT2D eigenvalue weighted by Crippen LogP contribution is -2.28. The van der Waals surface area contributed by atoms with Crippen molar-refractivity contribution < 1.29 is 37.0 Å². The first kappa shape index (κ1) is 22.6. The molecule has 0 aliphatic rings. The van der Waals surface area contributed by atoms with Crippen LogP contribution in [-0.2, 0) is 20.9 Å². The molecule has 0 saturated carbocycles. The summed E-state index contributed by atoms with van der Waals surface area (Å²) in [5.74, 6) is 0.0651. The van der Waals surface area contributed by atoms with E-state index >= 15 is 0 Å². The maximum atomic E-state index is 11.9. The Balaban J connectivity index is 2.44. The van der Waals surface area contributed by atoms with E-state index in [2.05, 4.69) is 15.4 Å². The second-order valence-corrected chi connectivity index (χ2v) is 5.42. The number of ether oxygens (including phenoxy) is 3. The summed E-state index contributed by atoms with van der Waals surface area (Å²) in [6.07, 6.45) is -4.59. The van der Waals surface area contributed by atoms with E-state index in [4.69, 9.17) is 9.47 Å². The number of likely N-dealkylation sites (N-methyl/N-ethyl adjacent to an activating group) is 1. The minimum absolute atomic E-state index is 0.155. The smallest absolute Gasteiger partial charge is 0.411 e. The van der Waals surface area contributed by atoms with E-state index in [1.165, 1.54) is 7.11 Å². The van der Waals surface area contributed by atoms with Crippen molar-refractivity contribution in [3.05, 3.63) is 23.8 Å². The molecule has 0 bridgehead atoms. The van der Waals surface area contributed by atoms with Gasteiger partial charge >= 0.3 is 6.18 Å². The van der Waals surface area contributed by atoms with E-state index in [9.17, 15) is 22.8 Å². The molecule has 1 aromatic carbocycles. The maximum absolute atomic E-state index is 11.9. The monoisotopic (exact) mass is 392 g/mol. The van der Waals surface area contributed by atoms with Gasteiger partial charge in [-0.05, 0) is 24.6 Å². The van der Waals surface area contributed by atoms with Gasteiger partial charge in [0, 0.05) is 19.5 Å². The van der Waals surface area contributed by atoms with Gasteiger partial charge in [-0.2, -0.15) is 13.2 Å². The van der Waals surface area contributed by atoms with Crippen LogP contribution < -0.4 is 20.1 Å². The molecule has 0 atom stereocenters. The molecule has 2 amide bonds. The van der Waals surface area contributed by atoms with Gasteiger partial charge in [0.05, 0.1) is 13.7 Å². The average Bonchev–Trinajstić information content (AvgIpc) is 2.61. The lowest BCUT2D eigenvalue weighted by molar-refractivity contribution is -0.174. The fraction of sp³-hybridized carbons (Fsp3) is 0.529. The van der Waals surface area contributed by atoms with Gasteiger partial charge in [-0.1, -0.05) is 6.07 Å². The molecule has 0 aliphatic heterocycles. The molecule has 152 valence electrons. The van der Waals surface area contributed by atoms with E-state index in [1.54, 1.807) is 25.1 Å². The van der Waals surface area contributed by atoms with Crippen LogP contribution in [0.3, 0.4) is 0 Å². The Morgan fingerprint density at radius 3 is 2.48 bits per heavy atom. The van der Waals surface area contributed by atoms with Gasteiger partial charge in [0.25, 0.3) is 5.91 Å². The molecule has 0 aromatic heterocycles. The average molecular weight is 392 g/mol. The third kappa shape index (κ3) is 9.69. The van der Waals surface area contributed by atoms with Gasteiger partial charge < -0.3 is 24.8 Å². The van der Waals surface area contributed by atoms with Crippen molar-refractivity contribution in [2.45, 2.75) is 26.1 Å². The summed E-state index contributed by atoms with van der Waals surface area (Å²) in [6, 6.07) is 4.91. The van der Waals surface area contributed by atoms with E-state index in [1.807, 2.05) is 0 Å². The summed E-state index contributed by atoms with van der Waals surface area (Å²) in [5, 5.41) is 5.18. The van der Waals surface area contributed by atoms with Crippen LogP contribution in [0.4, 0.5) is 13.2 Å². The number of carbonyl (C=O) groups excluding carboxylic acids is 2. The van der Waals surface area contributed by atoms with Crippen LogP contribution in [0.5, 0.6) is 11.5 Å². The molecule has 10 heteroatoms. The van der Waals surface area contributed by atoms with Crippen molar-refractivity contribution in [1.29, 1.82) is 0 Å². The molecule has 7 nitrogen and oxygen atoms in total. The summed E-state index contributed by atoms with van der Waals surface area (Å²) in [4.78, 5) is 23.1. The van der Waals surface area contributed by atoms with Gasteiger partial charge in [0.2, 0.25) is 5.91 Å². The lowest BCUT2D eigenvalue weighted by Gasteiger charge is -2.12. The molecule has 0 unspecified atom stereocenters. The van der Waals surface area contributed by atoms with Crippen molar-refractivity contribution >= 4 is 11.8 Å². The van der Waals surface area contributed by atoms with Crippen LogP contribution in [0.1, 0.15) is 18.9 Å². The van der Waals surface area contributed by atoms with Gasteiger partial charge in [0.15, 0.2) is 18.1 Å². The Labute approximate surface area is 155 Å². The van der Waals surface area contributed by atoms with E-state index in [0.717, 1.165) is 0 Å². The van der Waals surface area contributed by atoms with E-state index in [-0.39, 0.29) is 32.1 Å². The van der Waals surface area contributed by atoms with Crippen LogP contribution in [0.2, 0.25) is 0 Å². The van der Waals surface area contributed by atoms with Crippen molar-refractivity contribution in [3.63, 3.8) is 0 Å². The fourth-order valence-corrected chi connectivity index (χ4v) is 1.97. The van der Waals surface area contributed by atoms with Crippen molar-refractivity contribution in [2.24, 2.45) is 0 Å². The standard InChI is InChI=1S/C17H23F3N2O5/c1-3-21-16(24)10-27-13-5-4-12(8-14(13)25-2)9-22-15(23)6-7-26-11-17(18,19)20/h4-5,8H,3,6-7,9-11H2,1-2H3,(H,21,24)(H,22,23). The van der Waals surface area contributed by atoms with Gasteiger partial charge in [0.1, 0.15) is 6.61 Å². The lowest BCUT2D eigenvalue weighted by atomic mass is 10.2. The zero-order valence-electron chi connectivity index (χ0n) is 15.1. The van der Waals surface area contributed by atoms with Crippen LogP contribution in [0.25, 0.3) is 0 Å². The zero-order chi connectivity index (χ0) is 20.3. The van der Waals surface area contributed by atoms with Gasteiger partial charge in [-0.15, -0.1) is 0 Å². The van der Waals surface area contributed by atoms with Gasteiger partial charge in [-0.3, -0.25) is 9.59 Å². The highest BCUT2D eigenvalue weighted by atomic mass is 19.4. The first-order valence-electron chi connectivity index (χ1n) is 8.22. The molecular weight excluding hydrogens is 369 g/mol. The third-order valence-corrected chi connectivity index (χ3v) is 3.19. The molecular formula is C17H23F3N2O5. The molecule has 2 N–H and O–H groups in total. The number of halogens is 3. The van der Waals surface area contributed by atoms with Crippen molar-refractivity contribution in [3.8, 4) is 11.5 Å². The molecule has 0 radical (unpaired) electrons. The predicted molar refractivity (Wildman–Crippen MR) is 90.5 cm³/mol. The number of hydrogen-bond donors (Lipinski definition) is 2. The molecule has 27 heavy (non-hydrogen) atoms. The largest absolute Gasteiger partial charge is 0.493 e. The Morgan fingerprint density at radius 1 is 1.11 bits per heavy atom. The highest BCUT2D eigenvalue weighted by Crippen LogP contribution is 2.28. The molecule has 1 rings (SSSR count). The minimum Gasteiger partial charge on any atom is -0.493 e. The van der Waals surface area contributed by atoms with E-state index in [0.29, 0.717) is 23.6 Å². The summed E-state index contributed by atoms with van der Waals surface area (Å²) in [6.45, 7) is 0.600. The minimum atomic E-state index is -4.41. The number of nitrogens with one attached hydrogen (secondary N) is 2. The summed E-state index contributed by atoms with van der Waals surface area (Å²) < 4.78 is 50.7. The highest BCUT2D eigenvalue weighted by Gasteiger charge is 2.27. The van der Waals surface area contributed by atoms with Crippen LogP contribution >= 0.6 is 0 Å². The summed E-state index contributed by atoms with van der Waals surface area (Å²) >= 11 is 0. The molecule has 0 saturated heterocycles. The Hall–Kier alpha value is -2.49. The van der Waals surface area contributed by atoms with Crippen LogP contribution in [0.15, 0.2) is 18.2 Å². The van der Waals surface area contributed by atoms with Crippen LogP contribution in [0, 0.1) is 0 Å². The first-order valence-corrected chi connectivity index (χ1v) is 8.22. The molecule has 0 fully saturated rings. The number of carbonyl (C=O) groups is 2. The third-order valence-electron chi connectivity index (χ3n) is 3.19. The number of hydrogen-bond acceptors (Lipinski definition) is 5. The highest BCUT2D eigenvalue weighted by molar-refractivity contribution is 5.77. The summed E-state index contributed by atoms with van der Waals surface area (Å²) in [5.41, 5.74) is 0.696. The maximum Gasteiger partial charge on any atom is 0.411 e. The van der Waals surface area contributed by atoms with Crippen molar-refractivity contribution in [2.75, 3.05) is 33.5 Å². The second kappa shape index (κ2) is 11.3. The quantitative estimate of drug-likeness (QED) is 0.561. The van der Waals surface area contributed by atoms with Crippen molar-refractivity contribution in [1.82, 2.24) is 10.6 Å². The molecule has 0 heterocycles. The van der Waals surface area contributed by atoms with Crippen LogP contribution in [-0.4, -0.2) is 51.5 Å². The zero-order valence-corrected chi connectivity index (χ0v) is 15.1. The normalized spacial score (nSPS) is 11.0. The number of benzene rings is 1. The predicted octanol–water partition coefficient (Wildman–Crippen LogP) is 1.80. The summed E-state index contributed by atoms with van der Waals surface area (Å²) in [7, 11) is 1.44. The molecule has 0 aliphatic carbocycles. The SMILES string of the molecule is CCNC(=O)COc1ccc(CNC(=O)CCOCC(F)(F)F)cc1OC. The number of alkyl halides is 3. The Morgan fingerprint density at radius 2 is 1.85 bits per heavy atom. The molecule has 0 spiro atoms. The second-order valence-electron chi connectivity index (χ2n) is 5.42. The topological polar surface area (TPSA) is 85.9 Å². The number of amides is 2. The number of rotatable bonds is 11. The fourth-order valence-electron chi connectivity index (χ4n) is 1.97. The van der Waals surface area contributed by atoms with Gasteiger partial charge in [-0.25, -0.2) is 0 Å². The molecule has 1 aromatic rings. The Kier molecular flexibility index (Phi) is 9.41.